The van der Waals surface area contributed by atoms with Crippen molar-refractivity contribution in [2.24, 2.45) is 0 Å². The molecule has 0 aromatic heterocycles. The average Bonchev–Trinajstić information content (AvgIpc) is 2.64. The molecule has 0 bridgehead atoms. The Morgan fingerprint density at radius 3 is 2.00 bits per heavy atom. The van der Waals surface area contributed by atoms with Crippen LogP contribution in [0.1, 0.15) is 58.8 Å². The zero-order valence-electron chi connectivity index (χ0n) is 10.9. The number of carbonyl (C=O) groups is 2. The minimum absolute atomic E-state index is 0.108. The molecule has 1 aliphatic heterocycles. The third kappa shape index (κ3) is 3.99. The highest BCUT2D eigenvalue weighted by molar-refractivity contribution is 6.13. The van der Waals surface area contributed by atoms with Crippen LogP contribution in [0.25, 0.3) is 0 Å². The topological polar surface area (TPSA) is 37.4 Å². The van der Waals surface area contributed by atoms with Gasteiger partial charge in [0.05, 0.1) is 0 Å². The fourth-order valence-corrected chi connectivity index (χ4v) is 2.24. The van der Waals surface area contributed by atoms with Crippen LogP contribution in [0.2, 0.25) is 0 Å². The zero-order chi connectivity index (χ0) is 12.7. The van der Waals surface area contributed by atoms with Crippen molar-refractivity contribution in [3.05, 3.63) is 12.2 Å². The lowest BCUT2D eigenvalue weighted by atomic mass is 10.0. The lowest BCUT2D eigenvalue weighted by Gasteiger charge is -2.26. The summed E-state index contributed by atoms with van der Waals surface area (Å²) in [6.45, 7) is 4.30. The second-order valence-corrected chi connectivity index (χ2v) is 4.67. The molecule has 0 aliphatic carbocycles. The van der Waals surface area contributed by atoms with Gasteiger partial charge in [-0.05, 0) is 12.8 Å². The highest BCUT2D eigenvalue weighted by Crippen LogP contribution is 2.20. The van der Waals surface area contributed by atoms with Crippen molar-refractivity contribution in [3.8, 4) is 0 Å². The van der Waals surface area contributed by atoms with E-state index in [0.29, 0.717) is 0 Å². The molecule has 0 aromatic carbocycles. The number of amides is 2. The molecule has 1 aliphatic rings. The molecule has 0 radical (unpaired) electrons. The van der Waals surface area contributed by atoms with E-state index in [1.54, 1.807) is 0 Å². The number of hydrogen-bond donors (Lipinski definition) is 0. The maximum absolute atomic E-state index is 11.6. The van der Waals surface area contributed by atoms with Crippen LogP contribution >= 0.6 is 0 Å². The highest BCUT2D eigenvalue weighted by Gasteiger charge is 2.30. The minimum atomic E-state index is -0.132. The molecular weight excluding hydrogens is 214 g/mol. The molecule has 1 atom stereocenters. The maximum atomic E-state index is 11.6. The molecule has 3 nitrogen and oxygen atoms in total. The Hall–Kier alpha value is -1.12. The number of carbonyl (C=O) groups excluding carboxylic acids is 2. The van der Waals surface area contributed by atoms with Crippen LogP contribution in [0.4, 0.5) is 0 Å². The molecule has 96 valence electrons. The number of nitrogens with zero attached hydrogens (tertiary/aromatic N) is 1. The van der Waals surface area contributed by atoms with Crippen molar-refractivity contribution in [1.82, 2.24) is 4.90 Å². The summed E-state index contributed by atoms with van der Waals surface area (Å²) in [4.78, 5) is 24.7. The summed E-state index contributed by atoms with van der Waals surface area (Å²) in [5, 5.41) is 0. The second-order valence-electron chi connectivity index (χ2n) is 4.67. The molecule has 0 saturated heterocycles. The third-order valence-corrected chi connectivity index (χ3v) is 3.24. The summed E-state index contributed by atoms with van der Waals surface area (Å²) < 4.78 is 0. The summed E-state index contributed by atoms with van der Waals surface area (Å²) in [5.74, 6) is -0.264. The smallest absolute Gasteiger partial charge is 0.253 e. The normalized spacial score (nSPS) is 16.9. The number of hydrogen-bond acceptors (Lipinski definition) is 2. The number of rotatable bonds is 8. The molecule has 1 rings (SSSR count). The molecule has 0 saturated carbocycles. The van der Waals surface area contributed by atoms with Gasteiger partial charge in [-0.3, -0.25) is 14.5 Å². The van der Waals surface area contributed by atoms with Gasteiger partial charge in [-0.1, -0.05) is 46.0 Å². The van der Waals surface area contributed by atoms with E-state index in [0.717, 1.165) is 32.1 Å². The van der Waals surface area contributed by atoms with E-state index in [4.69, 9.17) is 0 Å². The maximum Gasteiger partial charge on any atom is 0.253 e. The Bertz CT molecular complexity index is 279. The van der Waals surface area contributed by atoms with Gasteiger partial charge in [0.1, 0.15) is 0 Å². The van der Waals surface area contributed by atoms with Crippen molar-refractivity contribution in [1.29, 1.82) is 0 Å². The van der Waals surface area contributed by atoms with Crippen LogP contribution < -0.4 is 0 Å². The predicted molar refractivity (Wildman–Crippen MR) is 68.4 cm³/mol. The van der Waals surface area contributed by atoms with Crippen molar-refractivity contribution in [2.45, 2.75) is 64.8 Å². The molecule has 2 amide bonds. The molecule has 0 spiro atoms. The molecule has 17 heavy (non-hydrogen) atoms. The largest absolute Gasteiger partial charge is 0.272 e. The Kier molecular flexibility index (Phi) is 5.95. The van der Waals surface area contributed by atoms with Crippen LogP contribution in [-0.4, -0.2) is 22.8 Å². The van der Waals surface area contributed by atoms with Crippen molar-refractivity contribution in [3.63, 3.8) is 0 Å². The minimum Gasteiger partial charge on any atom is -0.272 e. The van der Waals surface area contributed by atoms with E-state index < -0.39 is 0 Å². The van der Waals surface area contributed by atoms with E-state index in [9.17, 15) is 9.59 Å². The highest BCUT2D eigenvalue weighted by atomic mass is 16.2. The Balaban J connectivity index is 2.55. The van der Waals surface area contributed by atoms with E-state index >= 15 is 0 Å². The summed E-state index contributed by atoms with van der Waals surface area (Å²) in [7, 11) is 0. The van der Waals surface area contributed by atoms with Gasteiger partial charge in [0, 0.05) is 18.2 Å². The summed E-state index contributed by atoms with van der Waals surface area (Å²) in [6.07, 6.45) is 10.3. The first-order valence-electron chi connectivity index (χ1n) is 6.76. The fraction of sp³-hybridized carbons (Fsp3) is 0.714. The quantitative estimate of drug-likeness (QED) is 0.480. The summed E-state index contributed by atoms with van der Waals surface area (Å²) in [5.41, 5.74) is 0. The first-order chi connectivity index (χ1) is 8.20. The SMILES string of the molecule is CCCCC[C@H](CCCC)N1C(=O)C=CC1=O. The van der Waals surface area contributed by atoms with E-state index in [-0.39, 0.29) is 17.9 Å². The van der Waals surface area contributed by atoms with E-state index in [2.05, 4.69) is 13.8 Å². The van der Waals surface area contributed by atoms with Gasteiger partial charge < -0.3 is 0 Å². The van der Waals surface area contributed by atoms with Crippen molar-refractivity contribution in [2.75, 3.05) is 0 Å². The van der Waals surface area contributed by atoms with Gasteiger partial charge in [-0.2, -0.15) is 0 Å². The number of unbranched alkanes of at least 4 members (excludes halogenated alkanes) is 3. The van der Waals surface area contributed by atoms with Crippen LogP contribution in [0.15, 0.2) is 12.2 Å². The standard InChI is InChI=1S/C14H23NO2/c1-3-5-7-9-12(8-6-4-2)15-13(16)10-11-14(15)17/h10-12H,3-9H2,1-2H3/t12-/m0/s1. The molecule has 0 unspecified atom stereocenters. The molecule has 0 aromatic rings. The molecule has 3 heteroatoms. The summed E-state index contributed by atoms with van der Waals surface area (Å²) >= 11 is 0. The molecule has 0 N–H and O–H groups in total. The average molecular weight is 237 g/mol. The molecule has 1 heterocycles. The Morgan fingerprint density at radius 2 is 1.47 bits per heavy atom. The van der Waals surface area contributed by atoms with Gasteiger partial charge in [0.15, 0.2) is 0 Å². The van der Waals surface area contributed by atoms with Crippen LogP contribution in [0, 0.1) is 0 Å². The molecular formula is C14H23NO2. The molecule has 0 fully saturated rings. The lowest BCUT2D eigenvalue weighted by molar-refractivity contribution is -0.139. The van der Waals surface area contributed by atoms with Crippen LogP contribution in [-0.2, 0) is 9.59 Å². The van der Waals surface area contributed by atoms with Gasteiger partial charge in [-0.25, -0.2) is 0 Å². The summed E-state index contributed by atoms with van der Waals surface area (Å²) in [6, 6.07) is 0.108. The van der Waals surface area contributed by atoms with Crippen LogP contribution in [0.3, 0.4) is 0 Å². The van der Waals surface area contributed by atoms with E-state index in [1.807, 2.05) is 0 Å². The first kappa shape index (κ1) is 13.9. The van der Waals surface area contributed by atoms with Crippen molar-refractivity contribution < 1.29 is 9.59 Å². The third-order valence-electron chi connectivity index (χ3n) is 3.24. The fourth-order valence-electron chi connectivity index (χ4n) is 2.24. The van der Waals surface area contributed by atoms with Crippen LogP contribution in [0.5, 0.6) is 0 Å². The monoisotopic (exact) mass is 237 g/mol. The number of imide groups is 1. The van der Waals surface area contributed by atoms with E-state index in [1.165, 1.54) is 29.9 Å². The predicted octanol–water partition coefficient (Wildman–Crippen LogP) is 3.05. The Labute approximate surface area is 104 Å². The zero-order valence-corrected chi connectivity index (χ0v) is 10.9. The van der Waals surface area contributed by atoms with Gasteiger partial charge in [-0.15, -0.1) is 0 Å². The van der Waals surface area contributed by atoms with Gasteiger partial charge in [0.25, 0.3) is 11.8 Å². The Morgan fingerprint density at radius 1 is 0.941 bits per heavy atom. The first-order valence-corrected chi connectivity index (χ1v) is 6.76. The van der Waals surface area contributed by atoms with Crippen molar-refractivity contribution >= 4 is 11.8 Å². The second kappa shape index (κ2) is 7.25. The van der Waals surface area contributed by atoms with Gasteiger partial charge >= 0.3 is 0 Å². The lowest BCUT2D eigenvalue weighted by Crippen LogP contribution is -2.40. The van der Waals surface area contributed by atoms with Gasteiger partial charge in [0.2, 0.25) is 0 Å².